The molecule has 0 bridgehead atoms. The lowest BCUT2D eigenvalue weighted by molar-refractivity contribution is 0.556. The largest absolute Gasteiger partial charge is 0.233 e. The third-order valence-corrected chi connectivity index (χ3v) is 4.22. The second-order valence-electron chi connectivity index (χ2n) is 4.05. The average molecular weight is 312 g/mol. The second kappa shape index (κ2) is 4.44. The minimum atomic E-state index is -3.50. The van der Waals surface area contributed by atoms with E-state index in [0.29, 0.717) is 0 Å². The van der Waals surface area contributed by atoms with Crippen LogP contribution in [0.1, 0.15) is 19.4 Å². The summed E-state index contributed by atoms with van der Waals surface area (Å²) in [6, 6.07) is 7.55. The van der Waals surface area contributed by atoms with Gasteiger partial charge < -0.3 is 0 Å². The first-order valence-electron chi connectivity index (χ1n) is 4.40. The molecule has 0 unspecified atom stereocenters. The highest BCUT2D eigenvalue weighted by molar-refractivity contribution is 9.10. The first-order valence-corrected chi connectivity index (χ1v) is 7.67. The monoisotopic (exact) mass is 310 g/mol. The smallest absolute Gasteiger partial charge is 0.212 e. The molecule has 0 aliphatic carbocycles. The maximum atomic E-state index is 11.1. The molecule has 0 spiro atoms. The molecule has 1 aromatic carbocycles. The van der Waals surface area contributed by atoms with Gasteiger partial charge in [0.15, 0.2) is 0 Å². The van der Waals surface area contributed by atoms with Crippen LogP contribution in [0.25, 0.3) is 0 Å². The van der Waals surface area contributed by atoms with Crippen LogP contribution >= 0.6 is 26.6 Å². The van der Waals surface area contributed by atoms with E-state index in [2.05, 4.69) is 15.9 Å². The summed E-state index contributed by atoms with van der Waals surface area (Å²) < 4.78 is 23.1. The Hall–Kier alpha value is -0.0600. The maximum Gasteiger partial charge on any atom is 0.233 e. The van der Waals surface area contributed by atoms with Crippen LogP contribution in [0.5, 0.6) is 0 Å². The van der Waals surface area contributed by atoms with Gasteiger partial charge in [0.05, 0.1) is 5.75 Å². The fraction of sp³-hybridized carbons (Fsp3) is 0.400. The highest BCUT2D eigenvalue weighted by Gasteiger charge is 2.28. The summed E-state index contributed by atoms with van der Waals surface area (Å²) in [5.74, 6) is -0.0792. The van der Waals surface area contributed by atoms with Crippen molar-refractivity contribution in [3.05, 3.63) is 34.3 Å². The molecule has 0 saturated carbocycles. The number of hydrogen-bond acceptors (Lipinski definition) is 2. The van der Waals surface area contributed by atoms with Crippen molar-refractivity contribution in [1.29, 1.82) is 0 Å². The van der Waals surface area contributed by atoms with E-state index in [-0.39, 0.29) is 5.75 Å². The zero-order chi connectivity index (χ0) is 11.7. The molecule has 84 valence electrons. The van der Waals surface area contributed by atoms with Gasteiger partial charge in [-0.15, -0.1) is 0 Å². The molecule has 0 aliphatic heterocycles. The molecule has 0 radical (unpaired) electrons. The van der Waals surface area contributed by atoms with Crippen molar-refractivity contribution < 1.29 is 8.42 Å². The quantitative estimate of drug-likeness (QED) is 0.803. The van der Waals surface area contributed by atoms with Crippen molar-refractivity contribution in [1.82, 2.24) is 0 Å². The van der Waals surface area contributed by atoms with E-state index in [1.165, 1.54) is 0 Å². The van der Waals surface area contributed by atoms with Crippen LogP contribution in [0.15, 0.2) is 28.7 Å². The molecule has 0 saturated heterocycles. The Morgan fingerprint density at radius 2 is 1.87 bits per heavy atom. The van der Waals surface area contributed by atoms with E-state index in [0.717, 1.165) is 10.0 Å². The minimum Gasteiger partial charge on any atom is -0.212 e. The van der Waals surface area contributed by atoms with Crippen molar-refractivity contribution in [3.63, 3.8) is 0 Å². The van der Waals surface area contributed by atoms with Gasteiger partial charge in [-0.3, -0.25) is 0 Å². The summed E-state index contributed by atoms with van der Waals surface area (Å²) in [7, 11) is 1.78. The summed E-state index contributed by atoms with van der Waals surface area (Å²) in [4.78, 5) is 0. The lowest BCUT2D eigenvalue weighted by Crippen LogP contribution is -2.26. The van der Waals surface area contributed by atoms with Gasteiger partial charge >= 0.3 is 0 Å². The topological polar surface area (TPSA) is 34.1 Å². The van der Waals surface area contributed by atoms with Gasteiger partial charge in [0.1, 0.15) is 0 Å². The summed E-state index contributed by atoms with van der Waals surface area (Å²) in [5, 5.41) is 0. The van der Waals surface area contributed by atoms with E-state index >= 15 is 0 Å². The molecule has 2 nitrogen and oxygen atoms in total. The van der Waals surface area contributed by atoms with Gasteiger partial charge in [-0.25, -0.2) is 8.42 Å². The molecule has 0 amide bonds. The SMILES string of the molecule is CC(C)(CS(=O)(=O)Cl)c1ccccc1Br. The zero-order valence-electron chi connectivity index (χ0n) is 8.50. The van der Waals surface area contributed by atoms with Crippen LogP contribution in [-0.4, -0.2) is 14.2 Å². The number of benzene rings is 1. The molecule has 0 N–H and O–H groups in total. The van der Waals surface area contributed by atoms with Gasteiger partial charge in [-0.2, -0.15) is 0 Å². The lowest BCUT2D eigenvalue weighted by Gasteiger charge is -2.24. The summed E-state index contributed by atoms with van der Waals surface area (Å²) in [6.07, 6.45) is 0. The standard InChI is InChI=1S/C10H12BrClO2S/c1-10(2,7-15(12,13)14)8-5-3-4-6-9(8)11/h3-6H,7H2,1-2H3. The molecule has 0 fully saturated rings. The van der Waals surface area contributed by atoms with E-state index in [1.54, 1.807) is 0 Å². The zero-order valence-corrected chi connectivity index (χ0v) is 11.7. The third-order valence-electron chi connectivity index (χ3n) is 2.14. The molecule has 0 atom stereocenters. The molecular weight excluding hydrogens is 300 g/mol. The van der Waals surface area contributed by atoms with Crippen molar-refractivity contribution in [2.75, 3.05) is 5.75 Å². The Morgan fingerprint density at radius 1 is 1.33 bits per heavy atom. The molecule has 0 heterocycles. The predicted molar refractivity (Wildman–Crippen MR) is 66.8 cm³/mol. The van der Waals surface area contributed by atoms with Crippen LogP contribution in [-0.2, 0) is 14.5 Å². The predicted octanol–water partition coefficient (Wildman–Crippen LogP) is 3.30. The highest BCUT2D eigenvalue weighted by Crippen LogP contribution is 2.31. The first-order chi connectivity index (χ1) is 6.72. The summed E-state index contributed by atoms with van der Waals surface area (Å²) in [6.45, 7) is 3.71. The molecule has 1 rings (SSSR count). The second-order valence-corrected chi connectivity index (χ2v) is 7.68. The van der Waals surface area contributed by atoms with Gasteiger partial charge in [-0.05, 0) is 11.6 Å². The Kier molecular flexibility index (Phi) is 3.85. The van der Waals surface area contributed by atoms with Crippen molar-refractivity contribution >= 4 is 35.7 Å². The molecule has 1 aromatic rings. The van der Waals surface area contributed by atoms with E-state index in [1.807, 2.05) is 38.1 Å². The molecule has 15 heavy (non-hydrogen) atoms. The van der Waals surface area contributed by atoms with Crippen LogP contribution in [0.4, 0.5) is 0 Å². The first kappa shape index (κ1) is 13.0. The van der Waals surface area contributed by atoms with Crippen LogP contribution < -0.4 is 0 Å². The van der Waals surface area contributed by atoms with Gasteiger partial charge in [0.25, 0.3) is 0 Å². The Balaban J connectivity index is 3.12. The number of hydrogen-bond donors (Lipinski definition) is 0. The van der Waals surface area contributed by atoms with Crippen LogP contribution in [0.3, 0.4) is 0 Å². The number of halogens is 2. The minimum absolute atomic E-state index is 0.0792. The fourth-order valence-corrected chi connectivity index (χ4v) is 4.18. The van der Waals surface area contributed by atoms with Crippen LogP contribution in [0.2, 0.25) is 0 Å². The van der Waals surface area contributed by atoms with E-state index in [4.69, 9.17) is 10.7 Å². The maximum absolute atomic E-state index is 11.1. The molecule has 0 aromatic heterocycles. The van der Waals surface area contributed by atoms with Crippen molar-refractivity contribution in [2.24, 2.45) is 0 Å². The van der Waals surface area contributed by atoms with Gasteiger partial charge in [0, 0.05) is 20.6 Å². The Bertz CT molecular complexity index is 454. The van der Waals surface area contributed by atoms with Crippen molar-refractivity contribution in [3.8, 4) is 0 Å². The fourth-order valence-electron chi connectivity index (χ4n) is 1.52. The summed E-state index contributed by atoms with van der Waals surface area (Å²) in [5.41, 5.74) is 0.440. The van der Waals surface area contributed by atoms with E-state index in [9.17, 15) is 8.42 Å². The summed E-state index contributed by atoms with van der Waals surface area (Å²) >= 11 is 3.40. The average Bonchev–Trinajstić information content (AvgIpc) is 1.99. The molecular formula is C10H12BrClO2S. The third kappa shape index (κ3) is 3.78. The van der Waals surface area contributed by atoms with E-state index < -0.39 is 14.5 Å². The number of rotatable bonds is 3. The van der Waals surface area contributed by atoms with Crippen molar-refractivity contribution in [2.45, 2.75) is 19.3 Å². The van der Waals surface area contributed by atoms with Gasteiger partial charge in [-0.1, -0.05) is 48.0 Å². The highest BCUT2D eigenvalue weighted by atomic mass is 79.9. The normalized spacial score (nSPS) is 12.8. The van der Waals surface area contributed by atoms with Gasteiger partial charge in [0.2, 0.25) is 9.05 Å². The molecule has 0 aliphatic rings. The Morgan fingerprint density at radius 3 is 2.33 bits per heavy atom. The molecule has 5 heteroatoms. The lowest BCUT2D eigenvalue weighted by atomic mass is 9.87. The van der Waals surface area contributed by atoms with Crippen LogP contribution in [0, 0.1) is 0 Å². The Labute approximate surface area is 103 Å².